The minimum Gasteiger partial charge on any atom is -0.477 e. The third-order valence-electron chi connectivity index (χ3n) is 3.01. The molecule has 0 fully saturated rings. The van der Waals surface area contributed by atoms with E-state index in [1.807, 2.05) is 0 Å². The average Bonchev–Trinajstić information content (AvgIpc) is 2.79. The van der Waals surface area contributed by atoms with E-state index in [0.29, 0.717) is 0 Å². The van der Waals surface area contributed by atoms with Gasteiger partial charge in [-0.3, -0.25) is 4.79 Å². The van der Waals surface area contributed by atoms with Crippen molar-refractivity contribution in [2.24, 2.45) is 7.05 Å². The van der Waals surface area contributed by atoms with Crippen LogP contribution in [0.4, 0.5) is 0 Å². The third kappa shape index (κ3) is 3.03. The molecule has 0 aliphatic rings. The predicted octanol–water partition coefficient (Wildman–Crippen LogP) is 1.36. The molecule has 0 bridgehead atoms. The Labute approximate surface area is 121 Å². The standard InChI is InChI=1S/C14H13NO5S/c1-15-8-10(7-12(15)14(17)18)13(16)9-4-3-5-11(6-9)21(2,19)20/h3-8H,1-2H3,(H,17,18). The fraction of sp³-hybridized carbons (Fsp3) is 0.143. The molecule has 0 radical (unpaired) electrons. The van der Waals surface area contributed by atoms with Gasteiger partial charge < -0.3 is 9.67 Å². The van der Waals surface area contributed by atoms with E-state index in [2.05, 4.69) is 0 Å². The lowest BCUT2D eigenvalue weighted by Crippen LogP contribution is -2.03. The highest BCUT2D eigenvalue weighted by Gasteiger charge is 2.17. The number of benzene rings is 1. The molecule has 0 saturated carbocycles. The molecule has 6 nitrogen and oxygen atoms in total. The van der Waals surface area contributed by atoms with E-state index in [4.69, 9.17) is 5.11 Å². The van der Waals surface area contributed by atoms with Gasteiger partial charge in [0.1, 0.15) is 5.69 Å². The Morgan fingerprint density at radius 2 is 1.81 bits per heavy atom. The summed E-state index contributed by atoms with van der Waals surface area (Å²) in [6.07, 6.45) is 2.46. The van der Waals surface area contributed by atoms with Crippen LogP contribution >= 0.6 is 0 Å². The number of aryl methyl sites for hydroxylation is 1. The van der Waals surface area contributed by atoms with E-state index in [-0.39, 0.29) is 21.7 Å². The quantitative estimate of drug-likeness (QED) is 0.861. The zero-order valence-electron chi connectivity index (χ0n) is 11.4. The number of aromatic nitrogens is 1. The Balaban J connectivity index is 2.46. The van der Waals surface area contributed by atoms with E-state index in [1.165, 1.54) is 48.1 Å². The smallest absolute Gasteiger partial charge is 0.352 e. The minimum atomic E-state index is -3.41. The first-order valence-electron chi connectivity index (χ1n) is 5.94. The maximum atomic E-state index is 12.3. The van der Waals surface area contributed by atoms with E-state index in [0.717, 1.165) is 6.26 Å². The third-order valence-corrected chi connectivity index (χ3v) is 4.12. The Kier molecular flexibility index (Phi) is 3.69. The number of ketones is 1. The van der Waals surface area contributed by atoms with Gasteiger partial charge in [-0.2, -0.15) is 0 Å². The summed E-state index contributed by atoms with van der Waals surface area (Å²) in [6, 6.07) is 6.91. The number of hydrogen-bond acceptors (Lipinski definition) is 4. The molecular weight excluding hydrogens is 294 g/mol. The molecule has 1 aromatic carbocycles. The lowest BCUT2D eigenvalue weighted by molar-refractivity contribution is 0.0686. The van der Waals surface area contributed by atoms with Crippen LogP contribution in [0, 0.1) is 0 Å². The van der Waals surface area contributed by atoms with Crippen LogP contribution < -0.4 is 0 Å². The number of carboxylic acid groups (broad SMARTS) is 1. The number of rotatable bonds is 4. The van der Waals surface area contributed by atoms with E-state index in [9.17, 15) is 18.0 Å². The number of carboxylic acids is 1. The number of carbonyl (C=O) groups excluding carboxylic acids is 1. The summed E-state index contributed by atoms with van der Waals surface area (Å²) in [5, 5.41) is 8.97. The summed E-state index contributed by atoms with van der Waals surface area (Å²) < 4.78 is 24.3. The van der Waals surface area contributed by atoms with Crippen molar-refractivity contribution in [2.75, 3.05) is 6.26 Å². The Morgan fingerprint density at radius 3 is 2.33 bits per heavy atom. The largest absolute Gasteiger partial charge is 0.477 e. The summed E-state index contributed by atoms with van der Waals surface area (Å²) in [5.74, 6) is -1.56. The maximum absolute atomic E-state index is 12.3. The van der Waals surface area contributed by atoms with Crippen LogP contribution in [0.1, 0.15) is 26.4 Å². The van der Waals surface area contributed by atoms with Gasteiger partial charge in [-0.15, -0.1) is 0 Å². The summed E-state index contributed by atoms with van der Waals surface area (Å²) in [4.78, 5) is 23.3. The van der Waals surface area contributed by atoms with Crippen molar-refractivity contribution in [3.8, 4) is 0 Å². The molecule has 0 saturated heterocycles. The van der Waals surface area contributed by atoms with Crippen LogP contribution in [0.3, 0.4) is 0 Å². The van der Waals surface area contributed by atoms with Gasteiger partial charge in [0.25, 0.3) is 0 Å². The SMILES string of the molecule is Cn1cc(C(=O)c2cccc(S(C)(=O)=O)c2)cc1C(=O)O. The highest BCUT2D eigenvalue weighted by molar-refractivity contribution is 7.90. The second-order valence-corrected chi connectivity index (χ2v) is 6.67. The zero-order chi connectivity index (χ0) is 15.8. The van der Waals surface area contributed by atoms with Crippen LogP contribution in [0.25, 0.3) is 0 Å². The van der Waals surface area contributed by atoms with Crippen LogP contribution in [-0.2, 0) is 16.9 Å². The van der Waals surface area contributed by atoms with Crippen LogP contribution in [0.5, 0.6) is 0 Å². The number of hydrogen-bond donors (Lipinski definition) is 1. The normalized spacial score (nSPS) is 11.3. The minimum absolute atomic E-state index is 0.0161. The molecule has 1 heterocycles. The molecule has 1 aromatic heterocycles. The molecule has 0 aliphatic heterocycles. The Bertz CT molecular complexity index is 833. The van der Waals surface area contributed by atoms with Crippen molar-refractivity contribution >= 4 is 21.6 Å². The van der Waals surface area contributed by atoms with Crippen LogP contribution in [-0.4, -0.2) is 36.1 Å². The van der Waals surface area contributed by atoms with Crippen molar-refractivity contribution in [1.82, 2.24) is 4.57 Å². The summed E-state index contributed by atoms with van der Waals surface area (Å²) >= 11 is 0. The van der Waals surface area contributed by atoms with Crippen LogP contribution in [0.15, 0.2) is 41.4 Å². The lowest BCUT2D eigenvalue weighted by Gasteiger charge is -2.02. The molecule has 21 heavy (non-hydrogen) atoms. The summed E-state index contributed by atoms with van der Waals surface area (Å²) in [6.45, 7) is 0. The molecule has 0 atom stereocenters. The molecule has 0 unspecified atom stereocenters. The number of carbonyl (C=O) groups is 2. The number of nitrogens with zero attached hydrogens (tertiary/aromatic N) is 1. The second kappa shape index (κ2) is 5.17. The van der Waals surface area contributed by atoms with Gasteiger partial charge in [-0.25, -0.2) is 13.2 Å². The highest BCUT2D eigenvalue weighted by atomic mass is 32.2. The second-order valence-electron chi connectivity index (χ2n) is 4.66. The molecule has 2 rings (SSSR count). The molecule has 0 amide bonds. The molecule has 2 aromatic rings. The van der Waals surface area contributed by atoms with Gasteiger partial charge in [-0.1, -0.05) is 12.1 Å². The van der Waals surface area contributed by atoms with Gasteiger partial charge in [0.2, 0.25) is 0 Å². The predicted molar refractivity (Wildman–Crippen MR) is 75.4 cm³/mol. The van der Waals surface area contributed by atoms with Crippen molar-refractivity contribution in [1.29, 1.82) is 0 Å². The lowest BCUT2D eigenvalue weighted by atomic mass is 10.1. The maximum Gasteiger partial charge on any atom is 0.352 e. The highest BCUT2D eigenvalue weighted by Crippen LogP contribution is 2.17. The van der Waals surface area contributed by atoms with E-state index >= 15 is 0 Å². The molecule has 0 aliphatic carbocycles. The molecular formula is C14H13NO5S. The Morgan fingerprint density at radius 1 is 1.14 bits per heavy atom. The van der Waals surface area contributed by atoms with E-state index < -0.39 is 21.6 Å². The zero-order valence-corrected chi connectivity index (χ0v) is 12.2. The first-order chi connectivity index (χ1) is 9.70. The van der Waals surface area contributed by atoms with Crippen molar-refractivity contribution < 1.29 is 23.1 Å². The molecule has 0 spiro atoms. The molecule has 7 heteroatoms. The van der Waals surface area contributed by atoms with E-state index in [1.54, 1.807) is 0 Å². The van der Waals surface area contributed by atoms with Gasteiger partial charge in [-0.05, 0) is 18.2 Å². The Hall–Kier alpha value is -2.41. The summed E-state index contributed by atoms with van der Waals surface area (Å²) in [5.41, 5.74) is 0.374. The van der Waals surface area contributed by atoms with Gasteiger partial charge in [0.05, 0.1) is 4.90 Å². The average molecular weight is 307 g/mol. The molecule has 1 N–H and O–H groups in total. The van der Waals surface area contributed by atoms with Crippen molar-refractivity contribution in [3.05, 3.63) is 53.3 Å². The number of aromatic carboxylic acids is 1. The fourth-order valence-electron chi connectivity index (χ4n) is 1.94. The van der Waals surface area contributed by atoms with Gasteiger partial charge in [0, 0.05) is 30.6 Å². The van der Waals surface area contributed by atoms with Crippen molar-refractivity contribution in [2.45, 2.75) is 4.90 Å². The van der Waals surface area contributed by atoms with Gasteiger partial charge in [0.15, 0.2) is 15.6 Å². The van der Waals surface area contributed by atoms with Crippen molar-refractivity contribution in [3.63, 3.8) is 0 Å². The van der Waals surface area contributed by atoms with Crippen LogP contribution in [0.2, 0.25) is 0 Å². The number of sulfone groups is 1. The fourth-order valence-corrected chi connectivity index (χ4v) is 2.60. The molecule has 110 valence electrons. The monoisotopic (exact) mass is 307 g/mol. The summed E-state index contributed by atoms with van der Waals surface area (Å²) in [7, 11) is -1.89. The first-order valence-corrected chi connectivity index (χ1v) is 7.84. The first kappa shape index (κ1) is 15.0. The van der Waals surface area contributed by atoms with Gasteiger partial charge >= 0.3 is 5.97 Å². The topological polar surface area (TPSA) is 93.4 Å².